The first kappa shape index (κ1) is 13.6. The summed E-state index contributed by atoms with van der Waals surface area (Å²) in [7, 11) is 0. The van der Waals surface area contributed by atoms with Gasteiger partial charge in [0.2, 0.25) is 0 Å². The Kier molecular flexibility index (Phi) is 4.54. The second-order valence-corrected chi connectivity index (χ2v) is 4.98. The van der Waals surface area contributed by atoms with E-state index < -0.39 is 5.97 Å². The molecule has 0 atom stereocenters. The molecule has 6 nitrogen and oxygen atoms in total. The second-order valence-electron chi connectivity index (χ2n) is 4.98. The number of carboxylic acid groups (broad SMARTS) is 1. The van der Waals surface area contributed by atoms with Crippen molar-refractivity contribution in [2.75, 3.05) is 0 Å². The lowest BCUT2D eigenvalue weighted by Gasteiger charge is -2.15. The Bertz CT molecular complexity index is 448. The van der Waals surface area contributed by atoms with Crippen LogP contribution in [0.5, 0.6) is 0 Å². The fourth-order valence-corrected chi connectivity index (χ4v) is 2.40. The number of nitrogens with zero attached hydrogens (tertiary/aromatic N) is 2. The van der Waals surface area contributed by atoms with E-state index in [0.29, 0.717) is 5.56 Å². The summed E-state index contributed by atoms with van der Waals surface area (Å²) in [5.41, 5.74) is 0.422. The van der Waals surface area contributed by atoms with E-state index in [1.807, 2.05) is 0 Å². The van der Waals surface area contributed by atoms with Gasteiger partial charge >= 0.3 is 5.97 Å². The summed E-state index contributed by atoms with van der Waals surface area (Å²) in [6.07, 6.45) is 9.72. The van der Waals surface area contributed by atoms with Crippen LogP contribution in [0.1, 0.15) is 48.9 Å². The first-order chi connectivity index (χ1) is 9.15. The summed E-state index contributed by atoms with van der Waals surface area (Å²) < 4.78 is 1.25. The third kappa shape index (κ3) is 4.08. The van der Waals surface area contributed by atoms with Gasteiger partial charge in [0.1, 0.15) is 6.54 Å². The van der Waals surface area contributed by atoms with E-state index in [9.17, 15) is 9.59 Å². The van der Waals surface area contributed by atoms with Crippen LogP contribution in [0, 0.1) is 0 Å². The van der Waals surface area contributed by atoms with Crippen LogP contribution in [-0.2, 0) is 11.3 Å². The molecule has 2 N–H and O–H groups in total. The number of aliphatic carboxylic acids is 1. The molecule has 1 fully saturated rings. The molecule has 0 saturated heterocycles. The molecule has 19 heavy (non-hydrogen) atoms. The summed E-state index contributed by atoms with van der Waals surface area (Å²) in [6, 6.07) is 0.234. The monoisotopic (exact) mass is 265 g/mol. The first-order valence-corrected chi connectivity index (χ1v) is 6.70. The second kappa shape index (κ2) is 6.36. The Balaban J connectivity index is 1.91. The van der Waals surface area contributed by atoms with Crippen molar-refractivity contribution in [1.29, 1.82) is 0 Å². The molecule has 0 unspecified atom stereocenters. The van der Waals surface area contributed by atoms with Crippen molar-refractivity contribution < 1.29 is 14.7 Å². The summed E-state index contributed by atoms with van der Waals surface area (Å²) in [5, 5.41) is 15.5. The maximum Gasteiger partial charge on any atom is 0.325 e. The number of nitrogens with one attached hydrogen (secondary N) is 1. The molecule has 1 amide bonds. The third-order valence-electron chi connectivity index (χ3n) is 3.38. The number of carbonyl (C=O) groups is 2. The normalized spacial score (nSPS) is 16.8. The zero-order chi connectivity index (χ0) is 13.7. The quantitative estimate of drug-likeness (QED) is 0.806. The van der Waals surface area contributed by atoms with Gasteiger partial charge in [0.15, 0.2) is 0 Å². The molecule has 1 aliphatic rings. The first-order valence-electron chi connectivity index (χ1n) is 6.70. The molecule has 1 saturated carbocycles. The number of amides is 1. The predicted molar refractivity (Wildman–Crippen MR) is 68.8 cm³/mol. The Morgan fingerprint density at radius 2 is 2.00 bits per heavy atom. The highest BCUT2D eigenvalue weighted by atomic mass is 16.4. The fraction of sp³-hybridized carbons (Fsp3) is 0.615. The van der Waals surface area contributed by atoms with E-state index in [-0.39, 0.29) is 18.5 Å². The predicted octanol–water partition coefficient (Wildman–Crippen LogP) is 1.42. The van der Waals surface area contributed by atoms with Gasteiger partial charge in [-0.15, -0.1) is 0 Å². The molecule has 0 radical (unpaired) electrons. The smallest absolute Gasteiger partial charge is 0.325 e. The van der Waals surface area contributed by atoms with E-state index >= 15 is 0 Å². The molecular formula is C13H19N3O3. The minimum atomic E-state index is -0.973. The largest absolute Gasteiger partial charge is 0.480 e. The van der Waals surface area contributed by atoms with Gasteiger partial charge in [-0.05, 0) is 12.8 Å². The van der Waals surface area contributed by atoms with E-state index in [0.717, 1.165) is 25.7 Å². The Morgan fingerprint density at radius 1 is 1.32 bits per heavy atom. The minimum Gasteiger partial charge on any atom is -0.480 e. The van der Waals surface area contributed by atoms with Gasteiger partial charge in [-0.25, -0.2) is 0 Å². The van der Waals surface area contributed by atoms with Crippen molar-refractivity contribution >= 4 is 11.9 Å². The van der Waals surface area contributed by atoms with Crippen molar-refractivity contribution in [3.63, 3.8) is 0 Å². The van der Waals surface area contributed by atoms with Crippen LogP contribution in [0.3, 0.4) is 0 Å². The summed E-state index contributed by atoms with van der Waals surface area (Å²) in [4.78, 5) is 22.6. The standard InChI is InChI=1S/C13H19N3O3/c17-12(18)9-16-8-10(7-14-16)13(19)15-11-5-3-1-2-4-6-11/h7-8,11H,1-6,9H2,(H,15,19)(H,17,18). The maximum atomic E-state index is 12.0. The van der Waals surface area contributed by atoms with Crippen LogP contribution >= 0.6 is 0 Å². The molecule has 104 valence electrons. The molecule has 0 aromatic carbocycles. The van der Waals surface area contributed by atoms with Crippen molar-refractivity contribution in [1.82, 2.24) is 15.1 Å². The Labute approximate surface area is 111 Å². The lowest BCUT2D eigenvalue weighted by atomic mass is 10.1. The van der Waals surface area contributed by atoms with E-state index in [2.05, 4.69) is 10.4 Å². The molecule has 1 heterocycles. The van der Waals surface area contributed by atoms with Crippen LogP contribution in [0.15, 0.2) is 12.4 Å². The van der Waals surface area contributed by atoms with Crippen molar-refractivity contribution in [2.24, 2.45) is 0 Å². The fourth-order valence-electron chi connectivity index (χ4n) is 2.40. The van der Waals surface area contributed by atoms with Crippen molar-refractivity contribution in [3.8, 4) is 0 Å². The zero-order valence-corrected chi connectivity index (χ0v) is 10.8. The number of aromatic nitrogens is 2. The number of carbonyl (C=O) groups excluding carboxylic acids is 1. The van der Waals surface area contributed by atoms with Gasteiger partial charge in [-0.2, -0.15) is 5.10 Å². The lowest BCUT2D eigenvalue weighted by Crippen LogP contribution is -2.34. The van der Waals surface area contributed by atoms with Gasteiger partial charge in [0, 0.05) is 12.2 Å². The highest BCUT2D eigenvalue weighted by Crippen LogP contribution is 2.17. The van der Waals surface area contributed by atoms with Crippen LogP contribution in [0.2, 0.25) is 0 Å². The molecule has 0 aliphatic heterocycles. The summed E-state index contributed by atoms with van der Waals surface area (Å²) >= 11 is 0. The Morgan fingerprint density at radius 3 is 2.63 bits per heavy atom. The molecule has 1 aliphatic carbocycles. The number of hydrogen-bond acceptors (Lipinski definition) is 3. The average Bonchev–Trinajstić information content (AvgIpc) is 2.66. The van der Waals surface area contributed by atoms with E-state index in [1.165, 1.54) is 29.9 Å². The molecule has 2 rings (SSSR count). The minimum absolute atomic E-state index is 0.163. The van der Waals surface area contributed by atoms with Gasteiger partial charge in [0.05, 0.1) is 11.8 Å². The molecular weight excluding hydrogens is 246 g/mol. The molecule has 0 bridgehead atoms. The van der Waals surface area contributed by atoms with Gasteiger partial charge < -0.3 is 10.4 Å². The van der Waals surface area contributed by atoms with Crippen LogP contribution in [0.4, 0.5) is 0 Å². The van der Waals surface area contributed by atoms with Crippen molar-refractivity contribution in [3.05, 3.63) is 18.0 Å². The van der Waals surface area contributed by atoms with Gasteiger partial charge in [-0.3, -0.25) is 14.3 Å². The summed E-state index contributed by atoms with van der Waals surface area (Å²) in [6.45, 7) is -0.225. The number of hydrogen-bond donors (Lipinski definition) is 2. The molecule has 0 spiro atoms. The number of rotatable bonds is 4. The molecule has 1 aromatic heterocycles. The third-order valence-corrected chi connectivity index (χ3v) is 3.38. The number of carboxylic acids is 1. The van der Waals surface area contributed by atoms with Crippen LogP contribution < -0.4 is 5.32 Å². The van der Waals surface area contributed by atoms with E-state index in [1.54, 1.807) is 0 Å². The zero-order valence-electron chi connectivity index (χ0n) is 10.8. The molecule has 1 aromatic rings. The SMILES string of the molecule is O=C(O)Cn1cc(C(=O)NC2CCCCCC2)cn1. The van der Waals surface area contributed by atoms with Crippen LogP contribution in [0.25, 0.3) is 0 Å². The maximum absolute atomic E-state index is 12.0. The highest BCUT2D eigenvalue weighted by Gasteiger charge is 2.17. The van der Waals surface area contributed by atoms with E-state index in [4.69, 9.17) is 5.11 Å². The highest BCUT2D eigenvalue weighted by molar-refractivity contribution is 5.93. The summed E-state index contributed by atoms with van der Waals surface area (Å²) in [5.74, 6) is -1.14. The van der Waals surface area contributed by atoms with Gasteiger partial charge in [0.25, 0.3) is 5.91 Å². The topological polar surface area (TPSA) is 84.2 Å². The lowest BCUT2D eigenvalue weighted by molar-refractivity contribution is -0.137. The van der Waals surface area contributed by atoms with Gasteiger partial charge in [-0.1, -0.05) is 25.7 Å². The van der Waals surface area contributed by atoms with Crippen molar-refractivity contribution in [2.45, 2.75) is 51.1 Å². The van der Waals surface area contributed by atoms with Crippen LogP contribution in [-0.4, -0.2) is 32.8 Å². The Hall–Kier alpha value is -1.85. The molecule has 6 heteroatoms. The average molecular weight is 265 g/mol.